The van der Waals surface area contributed by atoms with E-state index in [0.29, 0.717) is 5.25 Å². The van der Waals surface area contributed by atoms with Crippen LogP contribution in [-0.2, 0) is 9.59 Å². The summed E-state index contributed by atoms with van der Waals surface area (Å²) in [7, 11) is 0. The smallest absolute Gasteiger partial charge is 0.326 e. The number of carbonyl (C=O) groups excluding carboxylic acids is 2. The normalized spacial score (nSPS) is 23.1. The molecule has 5 N–H and O–H groups in total. The summed E-state index contributed by atoms with van der Waals surface area (Å²) in [6.07, 6.45) is 5.91. The van der Waals surface area contributed by atoms with Gasteiger partial charge in [0.2, 0.25) is 5.91 Å². The predicted octanol–water partition coefficient (Wildman–Crippen LogP) is 0.679. The molecule has 0 radical (unpaired) electrons. The van der Waals surface area contributed by atoms with E-state index in [0.717, 1.165) is 25.7 Å². The number of primary amides is 1. The molecule has 0 heterocycles. The van der Waals surface area contributed by atoms with Crippen molar-refractivity contribution in [3.8, 4) is 0 Å². The van der Waals surface area contributed by atoms with Gasteiger partial charge in [0.05, 0.1) is 0 Å². The van der Waals surface area contributed by atoms with Crippen molar-refractivity contribution in [2.45, 2.75) is 55.9 Å². The molecule has 0 aliphatic heterocycles. The molecule has 1 rings (SSSR count). The summed E-state index contributed by atoms with van der Waals surface area (Å²) in [6, 6.07) is -1.52. The largest absolute Gasteiger partial charge is 0.480 e. The second-order valence-electron chi connectivity index (χ2n) is 5.22. The maximum atomic E-state index is 11.8. The van der Waals surface area contributed by atoms with Crippen molar-refractivity contribution in [1.82, 2.24) is 10.6 Å². The molecule has 3 amide bonds. The lowest BCUT2D eigenvalue weighted by Crippen LogP contribution is -2.50. The number of nitrogens with two attached hydrogens (primary N) is 1. The Morgan fingerprint density at radius 2 is 1.90 bits per heavy atom. The number of carboxylic acids is 1. The monoisotopic (exact) mass is 317 g/mol. The molecule has 0 aromatic heterocycles. The quantitative estimate of drug-likeness (QED) is 0.550. The second kappa shape index (κ2) is 8.76. The van der Waals surface area contributed by atoms with Crippen molar-refractivity contribution in [3.63, 3.8) is 0 Å². The third-order valence-corrected chi connectivity index (χ3v) is 4.76. The molecular weight excluding hydrogens is 294 g/mol. The van der Waals surface area contributed by atoms with Gasteiger partial charge in [0.1, 0.15) is 6.04 Å². The Hall–Kier alpha value is -1.44. The van der Waals surface area contributed by atoms with Crippen LogP contribution in [0.2, 0.25) is 0 Å². The highest BCUT2D eigenvalue weighted by atomic mass is 32.2. The minimum absolute atomic E-state index is 0.00268. The summed E-state index contributed by atoms with van der Waals surface area (Å²) >= 11 is 1.84. The average Bonchev–Trinajstić information content (AvgIpc) is 2.43. The summed E-state index contributed by atoms with van der Waals surface area (Å²) in [5.41, 5.74) is 4.99. The van der Waals surface area contributed by atoms with Gasteiger partial charge in [0.25, 0.3) is 0 Å². The van der Waals surface area contributed by atoms with Crippen LogP contribution in [0.5, 0.6) is 0 Å². The minimum atomic E-state index is -1.17. The van der Waals surface area contributed by atoms with E-state index in [-0.39, 0.29) is 18.9 Å². The van der Waals surface area contributed by atoms with Crippen LogP contribution in [0.25, 0.3) is 0 Å². The molecule has 1 atom stereocenters. The number of carbonyl (C=O) groups is 3. The van der Waals surface area contributed by atoms with Crippen molar-refractivity contribution in [1.29, 1.82) is 0 Å². The minimum Gasteiger partial charge on any atom is -0.480 e. The van der Waals surface area contributed by atoms with Gasteiger partial charge in [-0.25, -0.2) is 9.59 Å². The number of carboxylic acid groups (broad SMARTS) is 1. The highest BCUT2D eigenvalue weighted by Crippen LogP contribution is 2.26. The average molecular weight is 317 g/mol. The Labute approximate surface area is 128 Å². The Bertz CT molecular complexity index is 384. The van der Waals surface area contributed by atoms with Gasteiger partial charge < -0.3 is 21.5 Å². The number of rotatable bonds is 7. The van der Waals surface area contributed by atoms with Gasteiger partial charge in [0, 0.05) is 17.7 Å². The molecule has 21 heavy (non-hydrogen) atoms. The lowest BCUT2D eigenvalue weighted by atomic mass is 9.95. The summed E-state index contributed by atoms with van der Waals surface area (Å²) in [5, 5.41) is 14.8. The molecule has 0 aromatic carbocycles. The van der Waals surface area contributed by atoms with Gasteiger partial charge in [-0.15, -0.1) is 0 Å². The first-order valence-electron chi connectivity index (χ1n) is 7.03. The molecule has 1 aliphatic carbocycles. The molecule has 0 unspecified atom stereocenters. The van der Waals surface area contributed by atoms with Crippen LogP contribution in [0, 0.1) is 0 Å². The zero-order valence-corrected chi connectivity index (χ0v) is 12.9. The standard InChI is InChI=1S/C13H23N3O4S/c1-21-9-4-2-8(3-5-9)15-13(20)16-10(12(18)19)6-7-11(14)17/h8-10H,2-7H2,1H3,(H2,14,17)(H,18,19)(H2,15,16,20)/t8?,9?,10-/m0/s1. The topological polar surface area (TPSA) is 122 Å². The SMILES string of the molecule is CSC1CCC(NC(=O)N[C@@H](CCC(N)=O)C(=O)O)CC1. The van der Waals surface area contributed by atoms with E-state index in [1.807, 2.05) is 11.8 Å². The van der Waals surface area contributed by atoms with E-state index in [4.69, 9.17) is 10.8 Å². The van der Waals surface area contributed by atoms with Crippen LogP contribution in [0.3, 0.4) is 0 Å². The lowest BCUT2D eigenvalue weighted by Gasteiger charge is -2.28. The maximum absolute atomic E-state index is 11.8. The molecule has 1 aliphatic rings. The highest BCUT2D eigenvalue weighted by Gasteiger charge is 2.24. The fourth-order valence-corrected chi connectivity index (χ4v) is 3.12. The molecule has 0 aromatic rings. The zero-order valence-electron chi connectivity index (χ0n) is 12.1. The number of thioether (sulfide) groups is 1. The van der Waals surface area contributed by atoms with Gasteiger partial charge in [-0.05, 0) is 38.4 Å². The van der Waals surface area contributed by atoms with E-state index in [1.54, 1.807) is 0 Å². The maximum Gasteiger partial charge on any atom is 0.326 e. The van der Waals surface area contributed by atoms with Crippen LogP contribution in [0.1, 0.15) is 38.5 Å². The number of urea groups is 1. The summed E-state index contributed by atoms with van der Waals surface area (Å²) in [5.74, 6) is -1.75. The van der Waals surface area contributed by atoms with E-state index >= 15 is 0 Å². The van der Waals surface area contributed by atoms with Crippen LogP contribution in [0.15, 0.2) is 0 Å². The lowest BCUT2D eigenvalue weighted by molar-refractivity contribution is -0.139. The van der Waals surface area contributed by atoms with Gasteiger partial charge in [-0.1, -0.05) is 0 Å². The van der Waals surface area contributed by atoms with Crippen molar-refractivity contribution in [2.24, 2.45) is 5.73 Å². The van der Waals surface area contributed by atoms with Gasteiger partial charge in [0.15, 0.2) is 0 Å². The van der Waals surface area contributed by atoms with E-state index < -0.39 is 23.9 Å². The third-order valence-electron chi connectivity index (χ3n) is 3.63. The van der Waals surface area contributed by atoms with Crippen molar-refractivity contribution < 1.29 is 19.5 Å². The summed E-state index contributed by atoms with van der Waals surface area (Å²) in [4.78, 5) is 33.5. The van der Waals surface area contributed by atoms with Crippen molar-refractivity contribution in [2.75, 3.05) is 6.26 Å². The van der Waals surface area contributed by atoms with Crippen LogP contribution >= 0.6 is 11.8 Å². The van der Waals surface area contributed by atoms with Crippen LogP contribution in [-0.4, -0.2) is 46.6 Å². The molecular formula is C13H23N3O4S. The molecule has 0 bridgehead atoms. The molecule has 7 nitrogen and oxygen atoms in total. The molecule has 1 fully saturated rings. The van der Waals surface area contributed by atoms with E-state index in [1.165, 1.54) is 0 Å². The Morgan fingerprint density at radius 3 is 2.38 bits per heavy atom. The Kier molecular flexibility index (Phi) is 7.35. The van der Waals surface area contributed by atoms with Gasteiger partial charge in [-0.3, -0.25) is 4.79 Å². The fourth-order valence-electron chi connectivity index (χ4n) is 2.37. The highest BCUT2D eigenvalue weighted by molar-refractivity contribution is 7.99. The first-order valence-corrected chi connectivity index (χ1v) is 8.32. The first kappa shape index (κ1) is 17.6. The van der Waals surface area contributed by atoms with E-state index in [2.05, 4.69) is 16.9 Å². The predicted molar refractivity (Wildman–Crippen MR) is 81.1 cm³/mol. The number of amides is 3. The summed E-state index contributed by atoms with van der Waals surface area (Å²) in [6.45, 7) is 0. The van der Waals surface area contributed by atoms with Crippen LogP contribution < -0.4 is 16.4 Å². The number of hydrogen-bond donors (Lipinski definition) is 4. The third kappa shape index (κ3) is 6.70. The van der Waals surface area contributed by atoms with E-state index in [9.17, 15) is 14.4 Å². The summed E-state index contributed by atoms with van der Waals surface area (Å²) < 4.78 is 0. The van der Waals surface area contributed by atoms with Crippen LogP contribution in [0.4, 0.5) is 4.79 Å². The fraction of sp³-hybridized carbons (Fsp3) is 0.769. The molecule has 8 heteroatoms. The Morgan fingerprint density at radius 1 is 1.29 bits per heavy atom. The zero-order chi connectivity index (χ0) is 15.8. The number of nitrogens with one attached hydrogen (secondary N) is 2. The first-order chi connectivity index (χ1) is 9.92. The molecule has 120 valence electrons. The second-order valence-corrected chi connectivity index (χ2v) is 6.36. The number of hydrogen-bond acceptors (Lipinski definition) is 4. The van der Waals surface area contributed by atoms with Crippen molar-refractivity contribution in [3.05, 3.63) is 0 Å². The van der Waals surface area contributed by atoms with Crippen molar-refractivity contribution >= 4 is 29.7 Å². The molecule has 0 spiro atoms. The van der Waals surface area contributed by atoms with Gasteiger partial charge >= 0.3 is 12.0 Å². The number of aliphatic carboxylic acids is 1. The molecule has 0 saturated heterocycles. The Balaban J connectivity index is 2.36. The van der Waals surface area contributed by atoms with Gasteiger partial charge in [-0.2, -0.15) is 11.8 Å². The molecule has 1 saturated carbocycles.